The Morgan fingerprint density at radius 2 is 1.79 bits per heavy atom. The zero-order valence-electron chi connectivity index (χ0n) is 14.8. The van der Waals surface area contributed by atoms with Gasteiger partial charge < -0.3 is 15.4 Å². The Morgan fingerprint density at radius 3 is 2.39 bits per heavy atom. The van der Waals surface area contributed by atoms with Gasteiger partial charge in [-0.15, -0.1) is 0 Å². The lowest BCUT2D eigenvalue weighted by molar-refractivity contribution is -0.137. The van der Waals surface area contributed by atoms with Crippen LogP contribution >= 0.6 is 0 Å². The third kappa shape index (κ3) is 5.34. The van der Waals surface area contributed by atoms with Crippen LogP contribution in [0, 0.1) is 5.82 Å². The van der Waals surface area contributed by atoms with Crippen LogP contribution in [0.25, 0.3) is 0 Å². The molecule has 2 N–H and O–H groups in total. The number of halogens is 4. The molecule has 1 saturated carbocycles. The quantitative estimate of drug-likeness (QED) is 0.732. The molecule has 0 radical (unpaired) electrons. The van der Waals surface area contributed by atoms with Crippen molar-refractivity contribution >= 4 is 11.7 Å². The Hall–Kier alpha value is -2.84. The predicted octanol–water partition coefficient (Wildman–Crippen LogP) is 4.75. The number of amides is 2. The Balaban J connectivity index is 1.44. The van der Waals surface area contributed by atoms with E-state index in [2.05, 4.69) is 15.6 Å². The molecule has 0 aliphatic heterocycles. The van der Waals surface area contributed by atoms with E-state index in [-0.39, 0.29) is 23.7 Å². The molecule has 150 valence electrons. The standard InChI is InChI=1S/C19H19F4N3O2/c20-15-3-1-2-4-16(15)26-18(27)25-13-6-8-14(9-7-13)28-17-10-5-12(11-24-17)19(21,22)23/h1-5,10-11,13-14H,6-9H2,(H2,25,26,27). The molecular weight excluding hydrogens is 378 g/mol. The van der Waals surface area contributed by atoms with E-state index in [1.165, 1.54) is 24.3 Å². The summed E-state index contributed by atoms with van der Waals surface area (Å²) in [5, 5.41) is 5.26. The third-order valence-corrected chi connectivity index (χ3v) is 4.48. The van der Waals surface area contributed by atoms with E-state index in [1.807, 2.05) is 0 Å². The fraction of sp³-hybridized carbons (Fsp3) is 0.368. The van der Waals surface area contributed by atoms with Crippen molar-refractivity contribution in [1.82, 2.24) is 10.3 Å². The number of carbonyl (C=O) groups is 1. The van der Waals surface area contributed by atoms with E-state index in [0.717, 1.165) is 12.3 Å². The van der Waals surface area contributed by atoms with Gasteiger partial charge in [-0.25, -0.2) is 14.2 Å². The number of nitrogens with zero attached hydrogens (tertiary/aromatic N) is 1. The minimum Gasteiger partial charge on any atom is -0.474 e. The van der Waals surface area contributed by atoms with Gasteiger partial charge in [0.1, 0.15) is 11.9 Å². The van der Waals surface area contributed by atoms with Crippen molar-refractivity contribution in [3.8, 4) is 5.88 Å². The molecule has 0 saturated heterocycles. The van der Waals surface area contributed by atoms with E-state index in [9.17, 15) is 22.4 Å². The molecule has 0 atom stereocenters. The molecule has 1 aliphatic carbocycles. The summed E-state index contributed by atoms with van der Waals surface area (Å²) in [6.07, 6.45) is -1.36. The highest BCUT2D eigenvalue weighted by molar-refractivity contribution is 5.89. The zero-order valence-corrected chi connectivity index (χ0v) is 14.8. The largest absolute Gasteiger partial charge is 0.474 e. The fourth-order valence-corrected chi connectivity index (χ4v) is 3.02. The van der Waals surface area contributed by atoms with Crippen LogP contribution in [0.2, 0.25) is 0 Å². The summed E-state index contributed by atoms with van der Waals surface area (Å²) in [7, 11) is 0. The first kappa shape index (κ1) is 19.9. The maximum Gasteiger partial charge on any atom is 0.417 e. The van der Waals surface area contributed by atoms with Gasteiger partial charge in [-0.05, 0) is 43.9 Å². The number of aromatic nitrogens is 1. The monoisotopic (exact) mass is 397 g/mol. The Kier molecular flexibility index (Phi) is 6.01. The first-order valence-electron chi connectivity index (χ1n) is 8.83. The lowest BCUT2D eigenvalue weighted by atomic mass is 9.93. The third-order valence-electron chi connectivity index (χ3n) is 4.48. The van der Waals surface area contributed by atoms with E-state index < -0.39 is 23.6 Å². The molecule has 1 aliphatic rings. The highest BCUT2D eigenvalue weighted by Crippen LogP contribution is 2.30. The number of benzene rings is 1. The summed E-state index contributed by atoms with van der Waals surface area (Å²) < 4.78 is 56.8. The van der Waals surface area contributed by atoms with Gasteiger partial charge in [0.2, 0.25) is 5.88 Å². The van der Waals surface area contributed by atoms with Crippen LogP contribution < -0.4 is 15.4 Å². The van der Waals surface area contributed by atoms with Crippen LogP contribution in [0.1, 0.15) is 31.2 Å². The number of hydrogen-bond acceptors (Lipinski definition) is 3. The summed E-state index contributed by atoms with van der Waals surface area (Å²) in [6, 6.07) is 7.44. The van der Waals surface area contributed by atoms with Gasteiger partial charge >= 0.3 is 12.2 Å². The molecule has 1 aromatic heterocycles. The van der Waals surface area contributed by atoms with E-state index >= 15 is 0 Å². The highest BCUT2D eigenvalue weighted by atomic mass is 19.4. The number of alkyl halides is 3. The maximum absolute atomic E-state index is 13.5. The van der Waals surface area contributed by atoms with Gasteiger partial charge in [0.05, 0.1) is 11.3 Å². The van der Waals surface area contributed by atoms with Crippen LogP contribution in [0.15, 0.2) is 42.6 Å². The molecule has 3 rings (SSSR count). The average Bonchev–Trinajstić information content (AvgIpc) is 2.65. The minimum absolute atomic E-state index is 0.0906. The van der Waals surface area contributed by atoms with Crippen molar-refractivity contribution in [3.05, 3.63) is 54.0 Å². The normalized spacial score (nSPS) is 19.7. The second-order valence-corrected chi connectivity index (χ2v) is 6.55. The average molecular weight is 397 g/mol. The molecule has 0 spiro atoms. The lowest BCUT2D eigenvalue weighted by Crippen LogP contribution is -2.41. The van der Waals surface area contributed by atoms with Crippen LogP contribution in [-0.2, 0) is 6.18 Å². The highest BCUT2D eigenvalue weighted by Gasteiger charge is 2.31. The molecule has 0 bridgehead atoms. The number of nitrogens with one attached hydrogen (secondary N) is 2. The first-order chi connectivity index (χ1) is 13.3. The zero-order chi connectivity index (χ0) is 20.1. The van der Waals surface area contributed by atoms with Crippen LogP contribution in [-0.4, -0.2) is 23.2 Å². The van der Waals surface area contributed by atoms with E-state index in [1.54, 1.807) is 6.07 Å². The predicted molar refractivity (Wildman–Crippen MR) is 94.5 cm³/mol. The van der Waals surface area contributed by atoms with Crippen LogP contribution in [0.4, 0.5) is 28.0 Å². The van der Waals surface area contributed by atoms with Crippen LogP contribution in [0.3, 0.4) is 0 Å². The van der Waals surface area contributed by atoms with Gasteiger partial charge in [-0.1, -0.05) is 12.1 Å². The van der Waals surface area contributed by atoms with Crippen molar-refractivity contribution < 1.29 is 27.1 Å². The first-order valence-corrected chi connectivity index (χ1v) is 8.83. The number of hydrogen-bond donors (Lipinski definition) is 2. The molecule has 1 aromatic carbocycles. The second-order valence-electron chi connectivity index (χ2n) is 6.55. The number of pyridine rings is 1. The Morgan fingerprint density at radius 1 is 1.07 bits per heavy atom. The van der Waals surface area contributed by atoms with Crippen molar-refractivity contribution in [1.29, 1.82) is 0 Å². The maximum atomic E-state index is 13.5. The topological polar surface area (TPSA) is 63.2 Å². The molecule has 1 heterocycles. The fourth-order valence-electron chi connectivity index (χ4n) is 3.02. The molecule has 2 aromatic rings. The number of para-hydroxylation sites is 1. The number of anilines is 1. The number of ether oxygens (including phenoxy) is 1. The van der Waals surface area contributed by atoms with Crippen molar-refractivity contribution in [2.45, 2.75) is 44.0 Å². The molecule has 0 unspecified atom stereocenters. The number of rotatable bonds is 4. The van der Waals surface area contributed by atoms with Crippen molar-refractivity contribution in [2.75, 3.05) is 5.32 Å². The van der Waals surface area contributed by atoms with Gasteiger partial charge in [-0.2, -0.15) is 13.2 Å². The number of urea groups is 1. The molecular formula is C19H19F4N3O2. The summed E-state index contributed by atoms with van der Waals surface area (Å²) in [5.74, 6) is -0.375. The van der Waals surface area contributed by atoms with Crippen LogP contribution in [0.5, 0.6) is 5.88 Å². The van der Waals surface area contributed by atoms with Gasteiger partial charge in [0, 0.05) is 18.3 Å². The van der Waals surface area contributed by atoms with E-state index in [4.69, 9.17) is 4.74 Å². The minimum atomic E-state index is -4.43. The van der Waals surface area contributed by atoms with Gasteiger partial charge in [0.25, 0.3) is 0 Å². The summed E-state index contributed by atoms with van der Waals surface area (Å²) in [5.41, 5.74) is -0.723. The summed E-state index contributed by atoms with van der Waals surface area (Å²) in [6.45, 7) is 0. The summed E-state index contributed by atoms with van der Waals surface area (Å²) in [4.78, 5) is 15.7. The van der Waals surface area contributed by atoms with Gasteiger partial charge in [0.15, 0.2) is 0 Å². The number of carbonyl (C=O) groups excluding carboxylic acids is 1. The van der Waals surface area contributed by atoms with Gasteiger partial charge in [-0.3, -0.25) is 0 Å². The summed E-state index contributed by atoms with van der Waals surface area (Å²) >= 11 is 0. The SMILES string of the molecule is O=C(Nc1ccccc1F)NC1CCC(Oc2ccc(C(F)(F)F)cn2)CC1. The Labute approximate surface area is 159 Å². The smallest absolute Gasteiger partial charge is 0.417 e. The molecule has 5 nitrogen and oxygen atoms in total. The Bertz CT molecular complexity index is 804. The lowest BCUT2D eigenvalue weighted by Gasteiger charge is -2.29. The molecule has 9 heteroatoms. The molecule has 2 amide bonds. The molecule has 28 heavy (non-hydrogen) atoms. The molecule has 1 fully saturated rings. The van der Waals surface area contributed by atoms with E-state index in [0.29, 0.717) is 25.7 Å². The second kappa shape index (κ2) is 8.45. The van der Waals surface area contributed by atoms with Crippen molar-refractivity contribution in [3.63, 3.8) is 0 Å². The van der Waals surface area contributed by atoms with Crippen molar-refractivity contribution in [2.24, 2.45) is 0 Å².